The molecule has 0 aliphatic heterocycles. The summed E-state index contributed by atoms with van der Waals surface area (Å²) < 4.78 is 0. The maximum absolute atomic E-state index is 9.79. The van der Waals surface area contributed by atoms with E-state index in [1.54, 1.807) is 0 Å². The highest BCUT2D eigenvalue weighted by Crippen LogP contribution is 2.58. The van der Waals surface area contributed by atoms with Gasteiger partial charge in [-0.2, -0.15) is 5.26 Å². The van der Waals surface area contributed by atoms with Crippen molar-refractivity contribution in [3.63, 3.8) is 0 Å². The van der Waals surface area contributed by atoms with E-state index in [1.165, 1.54) is 63.8 Å². The Morgan fingerprint density at radius 1 is 0.393 bits per heavy atom. The standard InChI is InChI=1S/C52H38N4/c53-34-35-20-29-45-47(32-35)52(30-8-3-9-31-52)46-19-11-18-44(48(45)46)38-25-21-36(22-26-38)42-16-10-17-43(33-42)37-23-27-41(28-24-37)51-55-49(39-12-4-1-5-13-39)54-50(56-51)40-14-6-2-7-15-40/h1-2,4-7,10-29,32-33H,3,8-9,30-31H2. The minimum Gasteiger partial charge on any atom is -0.208 e. The Balaban J connectivity index is 0.952. The highest BCUT2D eigenvalue weighted by atomic mass is 15.0. The molecule has 56 heavy (non-hydrogen) atoms. The molecular formula is C52H38N4. The maximum Gasteiger partial charge on any atom is 0.164 e. The molecule has 4 nitrogen and oxygen atoms in total. The van der Waals surface area contributed by atoms with Crippen LogP contribution >= 0.6 is 0 Å². The van der Waals surface area contributed by atoms with Gasteiger partial charge >= 0.3 is 0 Å². The summed E-state index contributed by atoms with van der Waals surface area (Å²) in [6, 6.07) is 62.0. The van der Waals surface area contributed by atoms with Gasteiger partial charge < -0.3 is 0 Å². The van der Waals surface area contributed by atoms with E-state index in [2.05, 4.69) is 109 Å². The van der Waals surface area contributed by atoms with Crippen molar-refractivity contribution in [2.24, 2.45) is 0 Å². The van der Waals surface area contributed by atoms with Crippen LogP contribution in [0.2, 0.25) is 0 Å². The van der Waals surface area contributed by atoms with E-state index in [-0.39, 0.29) is 5.41 Å². The first-order valence-corrected chi connectivity index (χ1v) is 19.5. The predicted octanol–water partition coefficient (Wildman–Crippen LogP) is 13.0. The SMILES string of the molecule is N#Cc1ccc2c(c1)C1(CCCCC1)c1cccc(-c3ccc(-c4cccc(-c5ccc(-c6nc(-c7ccccc7)nc(-c7ccccc7)n6)cc5)c4)cc3)c1-2. The Morgan fingerprint density at radius 2 is 0.893 bits per heavy atom. The quantitative estimate of drug-likeness (QED) is 0.172. The first-order chi connectivity index (χ1) is 27.7. The van der Waals surface area contributed by atoms with E-state index in [0.717, 1.165) is 46.2 Å². The van der Waals surface area contributed by atoms with Gasteiger partial charge in [-0.25, -0.2) is 15.0 Å². The molecule has 0 radical (unpaired) electrons. The number of rotatable bonds is 6. The molecule has 1 spiro atoms. The van der Waals surface area contributed by atoms with Gasteiger partial charge in [0, 0.05) is 22.1 Å². The molecule has 1 fully saturated rings. The van der Waals surface area contributed by atoms with Gasteiger partial charge in [0.15, 0.2) is 17.5 Å². The average Bonchev–Trinajstić information content (AvgIpc) is 3.55. The van der Waals surface area contributed by atoms with Crippen LogP contribution in [0.4, 0.5) is 0 Å². The maximum atomic E-state index is 9.79. The number of aromatic nitrogens is 3. The summed E-state index contributed by atoms with van der Waals surface area (Å²) in [6.07, 6.45) is 6.02. The normalized spacial score (nSPS) is 13.8. The van der Waals surface area contributed by atoms with Gasteiger partial charge in [0.1, 0.15) is 0 Å². The van der Waals surface area contributed by atoms with Gasteiger partial charge in [-0.05, 0) is 86.7 Å². The molecule has 0 unspecified atom stereocenters. The fourth-order valence-electron chi connectivity index (χ4n) is 9.02. The number of nitrogens with zero attached hydrogens (tertiary/aromatic N) is 4. The summed E-state index contributed by atoms with van der Waals surface area (Å²) in [6.45, 7) is 0. The molecular weight excluding hydrogens is 681 g/mol. The lowest BCUT2D eigenvalue weighted by molar-refractivity contribution is 0.353. The summed E-state index contributed by atoms with van der Waals surface area (Å²) in [5.74, 6) is 1.95. The Morgan fingerprint density at radius 3 is 1.46 bits per heavy atom. The topological polar surface area (TPSA) is 62.5 Å². The largest absolute Gasteiger partial charge is 0.208 e. The fourth-order valence-corrected chi connectivity index (χ4v) is 9.02. The van der Waals surface area contributed by atoms with Crippen LogP contribution in [0, 0.1) is 11.3 Å². The minimum atomic E-state index is 0.00586. The zero-order chi connectivity index (χ0) is 37.5. The molecule has 0 bridgehead atoms. The van der Waals surface area contributed by atoms with Crippen molar-refractivity contribution >= 4 is 0 Å². The Labute approximate surface area is 327 Å². The van der Waals surface area contributed by atoms with Gasteiger partial charge in [0.05, 0.1) is 11.6 Å². The lowest BCUT2D eigenvalue weighted by Crippen LogP contribution is -2.28. The number of hydrogen-bond acceptors (Lipinski definition) is 4. The lowest BCUT2D eigenvalue weighted by atomic mass is 9.67. The number of hydrogen-bond donors (Lipinski definition) is 0. The fraction of sp³-hybridized carbons (Fsp3) is 0.115. The molecule has 0 atom stereocenters. The highest BCUT2D eigenvalue weighted by molar-refractivity contribution is 5.93. The van der Waals surface area contributed by atoms with Crippen LogP contribution in [0.25, 0.3) is 78.7 Å². The van der Waals surface area contributed by atoms with Gasteiger partial charge in [-0.15, -0.1) is 0 Å². The third kappa shape index (κ3) is 5.90. The molecule has 0 saturated heterocycles. The highest BCUT2D eigenvalue weighted by Gasteiger charge is 2.44. The van der Waals surface area contributed by atoms with Crippen LogP contribution in [0.3, 0.4) is 0 Å². The Hall–Kier alpha value is -6.96. The smallest absolute Gasteiger partial charge is 0.164 e. The van der Waals surface area contributed by atoms with Crippen LogP contribution in [0.5, 0.6) is 0 Å². The predicted molar refractivity (Wildman–Crippen MR) is 226 cm³/mol. The van der Waals surface area contributed by atoms with Crippen LogP contribution in [-0.2, 0) is 5.41 Å². The third-order valence-corrected chi connectivity index (χ3v) is 11.8. The molecule has 0 amide bonds. The minimum absolute atomic E-state index is 0.00586. The second-order valence-electron chi connectivity index (χ2n) is 15.0. The molecule has 1 aromatic heterocycles. The summed E-state index contributed by atoms with van der Waals surface area (Å²) in [5.41, 5.74) is 16.1. The molecule has 266 valence electrons. The van der Waals surface area contributed by atoms with Crippen LogP contribution in [0.15, 0.2) is 170 Å². The summed E-state index contributed by atoms with van der Waals surface area (Å²) >= 11 is 0. The summed E-state index contributed by atoms with van der Waals surface area (Å²) in [5, 5.41) is 9.79. The molecule has 0 N–H and O–H groups in total. The van der Waals surface area contributed by atoms with Crippen molar-refractivity contribution in [2.45, 2.75) is 37.5 Å². The van der Waals surface area contributed by atoms with Gasteiger partial charge in [-0.1, -0.05) is 171 Å². The van der Waals surface area contributed by atoms with Crippen LogP contribution in [-0.4, -0.2) is 15.0 Å². The van der Waals surface area contributed by atoms with Crippen molar-refractivity contribution in [1.29, 1.82) is 5.26 Å². The molecule has 7 aromatic carbocycles. The van der Waals surface area contributed by atoms with Crippen molar-refractivity contribution < 1.29 is 0 Å². The van der Waals surface area contributed by atoms with E-state index in [0.29, 0.717) is 17.5 Å². The second kappa shape index (κ2) is 14.0. The summed E-state index contributed by atoms with van der Waals surface area (Å²) in [4.78, 5) is 14.7. The van der Waals surface area contributed by atoms with Crippen molar-refractivity contribution in [3.05, 3.63) is 187 Å². The number of fused-ring (bicyclic) bond motifs is 5. The van der Waals surface area contributed by atoms with E-state index >= 15 is 0 Å². The monoisotopic (exact) mass is 718 g/mol. The van der Waals surface area contributed by atoms with E-state index in [4.69, 9.17) is 15.0 Å². The Kier molecular flexibility index (Phi) is 8.42. The van der Waals surface area contributed by atoms with Crippen molar-refractivity contribution in [1.82, 2.24) is 15.0 Å². The van der Waals surface area contributed by atoms with E-state index in [9.17, 15) is 5.26 Å². The third-order valence-electron chi connectivity index (χ3n) is 11.8. The molecule has 2 aliphatic rings. The molecule has 4 heteroatoms. The molecule has 10 rings (SSSR count). The zero-order valence-electron chi connectivity index (χ0n) is 31.0. The van der Waals surface area contributed by atoms with E-state index < -0.39 is 0 Å². The van der Waals surface area contributed by atoms with Gasteiger partial charge in [-0.3, -0.25) is 0 Å². The Bertz CT molecular complexity index is 2700. The molecule has 1 saturated carbocycles. The second-order valence-corrected chi connectivity index (χ2v) is 15.0. The zero-order valence-corrected chi connectivity index (χ0v) is 31.0. The average molecular weight is 719 g/mol. The number of benzene rings is 7. The first-order valence-electron chi connectivity index (χ1n) is 19.5. The van der Waals surface area contributed by atoms with E-state index in [1.807, 2.05) is 66.7 Å². The molecule has 2 aliphatic carbocycles. The number of nitriles is 1. The first kappa shape index (κ1) is 33.6. The molecule has 8 aromatic rings. The molecule has 1 heterocycles. The van der Waals surface area contributed by atoms with Gasteiger partial charge in [0.2, 0.25) is 0 Å². The van der Waals surface area contributed by atoms with Crippen LogP contribution < -0.4 is 0 Å². The van der Waals surface area contributed by atoms with Crippen LogP contribution in [0.1, 0.15) is 48.8 Å². The summed E-state index contributed by atoms with van der Waals surface area (Å²) in [7, 11) is 0. The van der Waals surface area contributed by atoms with Gasteiger partial charge in [0.25, 0.3) is 0 Å². The lowest BCUT2D eigenvalue weighted by Gasteiger charge is -2.36. The van der Waals surface area contributed by atoms with Crippen molar-refractivity contribution in [3.8, 4) is 84.7 Å². The van der Waals surface area contributed by atoms with Crippen molar-refractivity contribution in [2.75, 3.05) is 0 Å².